The van der Waals surface area contributed by atoms with Gasteiger partial charge in [0.05, 0.1) is 13.2 Å². The van der Waals surface area contributed by atoms with Crippen molar-refractivity contribution in [1.29, 1.82) is 0 Å². The molecule has 0 atom stereocenters. The Bertz CT molecular complexity index is 697. The molecule has 6 heteroatoms. The van der Waals surface area contributed by atoms with Crippen LogP contribution in [0.2, 0.25) is 5.02 Å². The fraction of sp³-hybridized carbons (Fsp3) is 0.235. The molecular weight excluding hydrogens is 380 g/mol. The van der Waals surface area contributed by atoms with E-state index in [4.69, 9.17) is 16.3 Å². The maximum Gasteiger partial charge on any atom is 0.255 e. The largest absolute Gasteiger partial charge is 0.378 e. The molecule has 1 aliphatic rings. The summed E-state index contributed by atoms with van der Waals surface area (Å²) in [5.74, 6) is -0.188. The first-order valence-corrected chi connectivity index (χ1v) is 8.49. The Morgan fingerprint density at radius 3 is 2.70 bits per heavy atom. The molecule has 1 heterocycles. The number of anilines is 2. The molecule has 0 bridgehead atoms. The van der Waals surface area contributed by atoms with Crippen molar-refractivity contribution in [3.8, 4) is 0 Å². The van der Waals surface area contributed by atoms with Crippen LogP contribution in [0.25, 0.3) is 0 Å². The molecule has 4 nitrogen and oxygen atoms in total. The number of hydrogen-bond donors (Lipinski definition) is 1. The third-order valence-electron chi connectivity index (χ3n) is 3.60. The van der Waals surface area contributed by atoms with E-state index in [9.17, 15) is 4.79 Å². The van der Waals surface area contributed by atoms with Crippen molar-refractivity contribution >= 4 is 44.8 Å². The number of halogens is 2. The minimum Gasteiger partial charge on any atom is -0.378 e. The maximum atomic E-state index is 12.4. The van der Waals surface area contributed by atoms with Crippen LogP contribution in [-0.4, -0.2) is 32.2 Å². The molecule has 1 amide bonds. The van der Waals surface area contributed by atoms with Crippen LogP contribution in [0.3, 0.4) is 0 Å². The molecule has 1 saturated heterocycles. The molecule has 1 aliphatic heterocycles. The quantitative estimate of drug-likeness (QED) is 0.847. The Balaban J connectivity index is 1.75. The van der Waals surface area contributed by atoms with Gasteiger partial charge in [0.15, 0.2) is 0 Å². The molecule has 0 aromatic heterocycles. The first-order chi connectivity index (χ1) is 11.1. The molecule has 0 radical (unpaired) electrons. The van der Waals surface area contributed by atoms with Crippen molar-refractivity contribution in [3.05, 3.63) is 57.5 Å². The molecule has 0 saturated carbocycles. The second-order valence-corrected chi connectivity index (χ2v) is 6.61. The smallest absolute Gasteiger partial charge is 0.255 e. The summed E-state index contributed by atoms with van der Waals surface area (Å²) in [7, 11) is 0. The second kappa shape index (κ2) is 7.34. The third kappa shape index (κ3) is 4.25. The van der Waals surface area contributed by atoms with Gasteiger partial charge in [-0.05, 0) is 36.4 Å². The van der Waals surface area contributed by atoms with E-state index in [1.807, 2.05) is 24.3 Å². The van der Waals surface area contributed by atoms with Crippen molar-refractivity contribution < 1.29 is 9.53 Å². The topological polar surface area (TPSA) is 41.6 Å². The lowest BCUT2D eigenvalue weighted by Gasteiger charge is -2.29. The predicted octanol–water partition coefficient (Wildman–Crippen LogP) is 4.19. The number of nitrogens with one attached hydrogen (secondary N) is 1. The first kappa shape index (κ1) is 16.3. The van der Waals surface area contributed by atoms with Gasteiger partial charge < -0.3 is 15.0 Å². The number of rotatable bonds is 3. The fourth-order valence-corrected chi connectivity index (χ4v) is 3.35. The van der Waals surface area contributed by atoms with E-state index in [0.717, 1.165) is 42.2 Å². The maximum absolute atomic E-state index is 12.4. The second-order valence-electron chi connectivity index (χ2n) is 5.26. The van der Waals surface area contributed by atoms with Crippen LogP contribution in [0.5, 0.6) is 0 Å². The lowest BCUT2D eigenvalue weighted by Crippen LogP contribution is -2.36. The van der Waals surface area contributed by atoms with Crippen LogP contribution in [0.1, 0.15) is 10.4 Å². The van der Waals surface area contributed by atoms with Crippen molar-refractivity contribution in [2.45, 2.75) is 0 Å². The van der Waals surface area contributed by atoms with E-state index < -0.39 is 0 Å². The van der Waals surface area contributed by atoms with Gasteiger partial charge in [0.2, 0.25) is 0 Å². The van der Waals surface area contributed by atoms with Crippen LogP contribution in [0.4, 0.5) is 11.4 Å². The Labute approximate surface area is 148 Å². The molecule has 0 unspecified atom stereocenters. The summed E-state index contributed by atoms with van der Waals surface area (Å²) in [6.07, 6.45) is 0. The van der Waals surface area contributed by atoms with Gasteiger partial charge in [-0.25, -0.2) is 0 Å². The highest BCUT2D eigenvalue weighted by Gasteiger charge is 2.13. The average Bonchev–Trinajstić information content (AvgIpc) is 2.55. The number of ether oxygens (including phenoxy) is 1. The number of carbonyl (C=O) groups is 1. The molecule has 1 N–H and O–H groups in total. The molecule has 1 fully saturated rings. The number of hydrogen-bond acceptors (Lipinski definition) is 3. The molecule has 2 aromatic rings. The van der Waals surface area contributed by atoms with Crippen molar-refractivity contribution in [2.75, 3.05) is 36.5 Å². The minimum absolute atomic E-state index is 0.188. The summed E-state index contributed by atoms with van der Waals surface area (Å²) in [5, 5.41) is 3.44. The average molecular weight is 396 g/mol. The van der Waals surface area contributed by atoms with Gasteiger partial charge in [0, 0.05) is 39.5 Å². The molecule has 23 heavy (non-hydrogen) atoms. The standard InChI is InChI=1S/C17H16BrClN2O2/c18-13-8-12(9-14(19)10-13)17(22)20-15-2-1-3-16(11-15)21-4-6-23-7-5-21/h1-3,8-11H,4-7H2,(H,20,22). The fourth-order valence-electron chi connectivity index (χ4n) is 2.49. The third-order valence-corrected chi connectivity index (χ3v) is 4.28. The normalized spacial score (nSPS) is 14.6. The molecular formula is C17H16BrClN2O2. The lowest BCUT2D eigenvalue weighted by molar-refractivity contribution is 0.102. The summed E-state index contributed by atoms with van der Waals surface area (Å²) >= 11 is 9.34. The van der Waals surface area contributed by atoms with Gasteiger partial charge >= 0.3 is 0 Å². The summed E-state index contributed by atoms with van der Waals surface area (Å²) in [5.41, 5.74) is 2.36. The number of morpholine rings is 1. The highest BCUT2D eigenvalue weighted by Crippen LogP contribution is 2.23. The molecule has 3 rings (SSSR count). The highest BCUT2D eigenvalue weighted by atomic mass is 79.9. The SMILES string of the molecule is O=C(Nc1cccc(N2CCOCC2)c1)c1cc(Cl)cc(Br)c1. The van der Waals surface area contributed by atoms with Crippen LogP contribution in [0, 0.1) is 0 Å². The van der Waals surface area contributed by atoms with Crippen LogP contribution >= 0.6 is 27.5 Å². The van der Waals surface area contributed by atoms with E-state index in [1.165, 1.54) is 0 Å². The number of amides is 1. The van der Waals surface area contributed by atoms with E-state index >= 15 is 0 Å². The Morgan fingerprint density at radius 2 is 1.96 bits per heavy atom. The zero-order chi connectivity index (χ0) is 16.2. The van der Waals surface area contributed by atoms with E-state index in [2.05, 4.69) is 26.1 Å². The summed E-state index contributed by atoms with van der Waals surface area (Å²) in [6, 6.07) is 13.0. The van der Waals surface area contributed by atoms with Crippen molar-refractivity contribution in [3.63, 3.8) is 0 Å². The molecule has 2 aromatic carbocycles. The zero-order valence-electron chi connectivity index (χ0n) is 12.4. The summed E-state index contributed by atoms with van der Waals surface area (Å²) < 4.78 is 6.14. The highest BCUT2D eigenvalue weighted by molar-refractivity contribution is 9.10. The van der Waals surface area contributed by atoms with Gasteiger partial charge in [-0.15, -0.1) is 0 Å². The van der Waals surface area contributed by atoms with Gasteiger partial charge in [-0.2, -0.15) is 0 Å². The Morgan fingerprint density at radius 1 is 1.17 bits per heavy atom. The van der Waals surface area contributed by atoms with E-state index in [0.29, 0.717) is 10.6 Å². The summed E-state index contributed by atoms with van der Waals surface area (Å²) in [4.78, 5) is 14.6. The number of carbonyl (C=O) groups excluding carboxylic acids is 1. The minimum atomic E-state index is -0.188. The van der Waals surface area contributed by atoms with Crippen molar-refractivity contribution in [1.82, 2.24) is 0 Å². The lowest BCUT2D eigenvalue weighted by atomic mass is 10.2. The number of nitrogens with zero attached hydrogens (tertiary/aromatic N) is 1. The Hall–Kier alpha value is -1.56. The van der Waals surface area contributed by atoms with Crippen LogP contribution < -0.4 is 10.2 Å². The van der Waals surface area contributed by atoms with Crippen molar-refractivity contribution in [2.24, 2.45) is 0 Å². The van der Waals surface area contributed by atoms with E-state index in [1.54, 1.807) is 18.2 Å². The Kier molecular flexibility index (Phi) is 5.20. The van der Waals surface area contributed by atoms with Crippen LogP contribution in [0.15, 0.2) is 46.9 Å². The zero-order valence-corrected chi connectivity index (χ0v) is 14.7. The van der Waals surface area contributed by atoms with Crippen LogP contribution in [-0.2, 0) is 4.74 Å². The van der Waals surface area contributed by atoms with E-state index in [-0.39, 0.29) is 5.91 Å². The number of benzene rings is 2. The van der Waals surface area contributed by atoms with Gasteiger partial charge in [0.1, 0.15) is 0 Å². The molecule has 120 valence electrons. The van der Waals surface area contributed by atoms with Gasteiger partial charge in [0.25, 0.3) is 5.91 Å². The van der Waals surface area contributed by atoms with Gasteiger partial charge in [-0.3, -0.25) is 4.79 Å². The monoisotopic (exact) mass is 394 g/mol. The summed E-state index contributed by atoms with van der Waals surface area (Å²) in [6.45, 7) is 3.18. The molecule has 0 aliphatic carbocycles. The predicted molar refractivity (Wildman–Crippen MR) is 96.6 cm³/mol. The first-order valence-electron chi connectivity index (χ1n) is 7.32. The molecule has 0 spiro atoms. The van der Waals surface area contributed by atoms with Gasteiger partial charge in [-0.1, -0.05) is 33.6 Å².